The zero-order valence-electron chi connectivity index (χ0n) is 9.20. The predicted octanol–water partition coefficient (Wildman–Crippen LogP) is 0.810. The van der Waals surface area contributed by atoms with Crippen molar-refractivity contribution in [2.75, 3.05) is 0 Å². The first-order valence-electron chi connectivity index (χ1n) is 5.21. The summed E-state index contributed by atoms with van der Waals surface area (Å²) in [5.41, 5.74) is -0.336. The Kier molecular flexibility index (Phi) is 3.04. The Bertz CT molecular complexity index is 606. The highest BCUT2D eigenvalue weighted by Crippen LogP contribution is 2.29. The van der Waals surface area contributed by atoms with Crippen LogP contribution in [0.5, 0.6) is 0 Å². The number of benzene rings is 1. The number of nitro groups is 1. The van der Waals surface area contributed by atoms with E-state index >= 15 is 0 Å². The van der Waals surface area contributed by atoms with Gasteiger partial charge in [0.05, 0.1) is 9.82 Å². The van der Waals surface area contributed by atoms with Crippen LogP contribution >= 0.6 is 0 Å². The number of carbonyl (C=O) groups excluding carboxylic acids is 1. The molecule has 0 unspecified atom stereocenters. The van der Waals surface area contributed by atoms with Gasteiger partial charge in [-0.2, -0.15) is 0 Å². The Hall–Kier alpha value is -1.96. The summed E-state index contributed by atoms with van der Waals surface area (Å²) in [5, 5.41) is 10.5. The van der Waals surface area contributed by atoms with E-state index in [1.807, 2.05) is 4.72 Å². The summed E-state index contributed by atoms with van der Waals surface area (Å²) in [4.78, 5) is 21.0. The minimum Gasteiger partial charge on any atom is -0.274 e. The van der Waals surface area contributed by atoms with Crippen LogP contribution in [0.3, 0.4) is 0 Å². The third-order valence-electron chi connectivity index (χ3n) is 2.52. The molecule has 1 aromatic carbocycles. The summed E-state index contributed by atoms with van der Waals surface area (Å²) in [6, 6.07) is 4.56. The van der Waals surface area contributed by atoms with Gasteiger partial charge in [-0.05, 0) is 18.9 Å². The van der Waals surface area contributed by atoms with Crippen molar-refractivity contribution in [1.29, 1.82) is 0 Å². The number of hydrogen-bond acceptors (Lipinski definition) is 5. The molecule has 0 saturated heterocycles. The van der Waals surface area contributed by atoms with Crippen LogP contribution in [-0.4, -0.2) is 19.2 Å². The van der Waals surface area contributed by atoms with Crippen LogP contribution in [0.15, 0.2) is 29.2 Å². The molecule has 1 amide bonds. The molecule has 1 N–H and O–H groups in total. The highest BCUT2D eigenvalue weighted by Gasteiger charge is 2.32. The second-order valence-electron chi connectivity index (χ2n) is 4.00. The van der Waals surface area contributed by atoms with Crippen molar-refractivity contribution in [3.63, 3.8) is 0 Å². The van der Waals surface area contributed by atoms with Crippen molar-refractivity contribution in [3.05, 3.63) is 34.4 Å². The second-order valence-corrected chi connectivity index (χ2v) is 5.68. The Balaban J connectivity index is 2.25. The van der Waals surface area contributed by atoms with E-state index in [4.69, 9.17) is 0 Å². The van der Waals surface area contributed by atoms with E-state index in [2.05, 4.69) is 0 Å². The third kappa shape index (κ3) is 2.65. The number of non-ortho nitro benzene ring substituents is 1. The number of amides is 1. The van der Waals surface area contributed by atoms with Gasteiger partial charge in [-0.15, -0.1) is 0 Å². The van der Waals surface area contributed by atoms with E-state index in [0.29, 0.717) is 12.8 Å². The largest absolute Gasteiger partial charge is 0.274 e. The van der Waals surface area contributed by atoms with E-state index in [1.165, 1.54) is 18.2 Å². The van der Waals surface area contributed by atoms with Gasteiger partial charge in [-0.3, -0.25) is 14.9 Å². The van der Waals surface area contributed by atoms with Crippen molar-refractivity contribution >= 4 is 21.6 Å². The number of carbonyl (C=O) groups is 1. The predicted molar refractivity (Wildman–Crippen MR) is 61.1 cm³/mol. The minimum absolute atomic E-state index is 0.251. The van der Waals surface area contributed by atoms with Crippen LogP contribution in [0.25, 0.3) is 0 Å². The Morgan fingerprint density at radius 3 is 2.61 bits per heavy atom. The Morgan fingerprint density at radius 2 is 2.06 bits per heavy atom. The Morgan fingerprint density at radius 1 is 1.39 bits per heavy atom. The molecule has 1 fully saturated rings. The molecule has 1 saturated carbocycles. The summed E-state index contributed by atoms with van der Waals surface area (Å²) < 4.78 is 25.5. The highest BCUT2D eigenvalue weighted by atomic mass is 32.2. The number of sulfonamides is 1. The number of nitro benzene ring substituents is 1. The molecule has 0 spiro atoms. The molecule has 96 valence electrons. The normalized spacial score (nSPS) is 15.1. The molecule has 0 atom stereocenters. The van der Waals surface area contributed by atoms with E-state index in [1.54, 1.807) is 0 Å². The maximum atomic E-state index is 11.8. The molecular formula is C10H10N2O5S. The molecule has 2 rings (SSSR count). The first kappa shape index (κ1) is 12.5. The molecular weight excluding hydrogens is 260 g/mol. The average molecular weight is 270 g/mol. The van der Waals surface area contributed by atoms with Gasteiger partial charge in [0.2, 0.25) is 5.91 Å². The van der Waals surface area contributed by atoms with Gasteiger partial charge in [-0.25, -0.2) is 13.1 Å². The van der Waals surface area contributed by atoms with Crippen molar-refractivity contribution in [1.82, 2.24) is 4.72 Å². The molecule has 0 bridgehead atoms. The van der Waals surface area contributed by atoms with Crippen LogP contribution < -0.4 is 4.72 Å². The van der Waals surface area contributed by atoms with Crippen molar-refractivity contribution in [2.45, 2.75) is 17.7 Å². The first-order chi connectivity index (χ1) is 8.40. The topological polar surface area (TPSA) is 106 Å². The lowest BCUT2D eigenvalue weighted by atomic mass is 10.3. The van der Waals surface area contributed by atoms with Gasteiger partial charge in [0.25, 0.3) is 15.7 Å². The lowest BCUT2D eigenvalue weighted by Gasteiger charge is -2.05. The van der Waals surface area contributed by atoms with Crippen molar-refractivity contribution in [2.24, 2.45) is 5.92 Å². The summed E-state index contributed by atoms with van der Waals surface area (Å²) in [7, 11) is -4.02. The fourth-order valence-electron chi connectivity index (χ4n) is 1.38. The van der Waals surface area contributed by atoms with Crippen molar-refractivity contribution < 1.29 is 18.1 Å². The fourth-order valence-corrected chi connectivity index (χ4v) is 2.47. The van der Waals surface area contributed by atoms with Crippen LogP contribution in [0.4, 0.5) is 5.69 Å². The van der Waals surface area contributed by atoms with Crippen LogP contribution in [0, 0.1) is 16.0 Å². The number of nitrogens with one attached hydrogen (secondary N) is 1. The van der Waals surface area contributed by atoms with E-state index in [-0.39, 0.29) is 16.5 Å². The summed E-state index contributed by atoms with van der Waals surface area (Å²) in [6.07, 6.45) is 1.35. The van der Waals surface area contributed by atoms with Gasteiger partial charge in [0.15, 0.2) is 0 Å². The van der Waals surface area contributed by atoms with Crippen LogP contribution in [0.1, 0.15) is 12.8 Å². The van der Waals surface area contributed by atoms with Gasteiger partial charge in [0, 0.05) is 18.1 Å². The first-order valence-corrected chi connectivity index (χ1v) is 6.69. The average Bonchev–Trinajstić information content (AvgIpc) is 3.12. The van der Waals surface area contributed by atoms with Crippen LogP contribution in [0.2, 0.25) is 0 Å². The zero-order chi connectivity index (χ0) is 13.3. The molecule has 1 aliphatic rings. The van der Waals surface area contributed by atoms with Gasteiger partial charge in [-0.1, -0.05) is 6.07 Å². The van der Waals surface area contributed by atoms with Gasteiger partial charge >= 0.3 is 0 Å². The smallest absolute Gasteiger partial charge is 0.270 e. The van der Waals surface area contributed by atoms with E-state index < -0.39 is 20.9 Å². The quantitative estimate of drug-likeness (QED) is 0.643. The minimum atomic E-state index is -4.02. The van der Waals surface area contributed by atoms with Crippen LogP contribution in [-0.2, 0) is 14.8 Å². The van der Waals surface area contributed by atoms with E-state index in [0.717, 1.165) is 6.07 Å². The lowest BCUT2D eigenvalue weighted by molar-refractivity contribution is -0.385. The lowest BCUT2D eigenvalue weighted by Crippen LogP contribution is -2.31. The SMILES string of the molecule is O=C(NS(=O)(=O)c1cccc([N+](=O)[O-])c1)C1CC1. The molecule has 1 aromatic rings. The monoisotopic (exact) mass is 270 g/mol. The summed E-state index contributed by atoms with van der Waals surface area (Å²) in [6.45, 7) is 0. The summed E-state index contributed by atoms with van der Waals surface area (Å²) >= 11 is 0. The number of hydrogen-bond donors (Lipinski definition) is 1. The highest BCUT2D eigenvalue weighted by molar-refractivity contribution is 7.90. The third-order valence-corrected chi connectivity index (χ3v) is 3.87. The summed E-state index contributed by atoms with van der Waals surface area (Å²) in [5.74, 6) is -0.806. The van der Waals surface area contributed by atoms with E-state index in [9.17, 15) is 23.3 Å². The molecule has 0 aliphatic heterocycles. The maximum Gasteiger partial charge on any atom is 0.270 e. The molecule has 0 aromatic heterocycles. The molecule has 0 radical (unpaired) electrons. The van der Waals surface area contributed by atoms with Gasteiger partial charge in [0.1, 0.15) is 0 Å². The number of nitrogens with zero attached hydrogens (tertiary/aromatic N) is 1. The van der Waals surface area contributed by atoms with Gasteiger partial charge < -0.3 is 0 Å². The zero-order valence-corrected chi connectivity index (χ0v) is 10.0. The molecule has 18 heavy (non-hydrogen) atoms. The molecule has 8 heteroatoms. The molecule has 0 heterocycles. The fraction of sp³-hybridized carbons (Fsp3) is 0.300. The molecule has 1 aliphatic carbocycles. The molecule has 7 nitrogen and oxygen atoms in total. The second kappa shape index (κ2) is 4.37. The maximum absolute atomic E-state index is 11.8. The standard InChI is InChI=1S/C10H10N2O5S/c13-10(7-4-5-7)11-18(16,17)9-3-1-2-8(6-9)12(14)15/h1-3,6-7H,4-5H2,(H,11,13). The van der Waals surface area contributed by atoms with Crippen molar-refractivity contribution in [3.8, 4) is 0 Å². The Labute approximate surface area is 103 Å². The number of rotatable bonds is 4.